The monoisotopic (exact) mass is 254 g/mol. The number of benzene rings is 1. The maximum absolute atomic E-state index is 5.63. The van der Waals surface area contributed by atoms with Gasteiger partial charge >= 0.3 is 0 Å². The number of aromatic nitrogens is 2. The average Bonchev–Trinajstić information content (AvgIpc) is 2.47. The van der Waals surface area contributed by atoms with Gasteiger partial charge in [-0.2, -0.15) is 0 Å². The van der Waals surface area contributed by atoms with Crippen LogP contribution < -0.4 is 5.73 Å². The molecule has 1 aliphatic rings. The molecule has 0 amide bonds. The van der Waals surface area contributed by atoms with E-state index in [1.165, 1.54) is 5.56 Å². The van der Waals surface area contributed by atoms with Crippen LogP contribution in [-0.2, 0) is 26.1 Å². The van der Waals surface area contributed by atoms with Crippen molar-refractivity contribution < 1.29 is 0 Å². The summed E-state index contributed by atoms with van der Waals surface area (Å²) < 4.78 is 0. The minimum Gasteiger partial charge on any atom is -0.325 e. The Morgan fingerprint density at radius 2 is 2.00 bits per heavy atom. The summed E-state index contributed by atoms with van der Waals surface area (Å²) in [7, 11) is 0. The van der Waals surface area contributed by atoms with Gasteiger partial charge in [0, 0.05) is 32.6 Å². The fourth-order valence-corrected chi connectivity index (χ4v) is 2.46. The van der Waals surface area contributed by atoms with Crippen molar-refractivity contribution in [3.63, 3.8) is 0 Å². The van der Waals surface area contributed by atoms with Gasteiger partial charge in [0.05, 0.1) is 23.3 Å². The van der Waals surface area contributed by atoms with Gasteiger partial charge in [-0.05, 0) is 5.56 Å². The third kappa shape index (κ3) is 2.80. The second-order valence-electron chi connectivity index (χ2n) is 4.91. The van der Waals surface area contributed by atoms with Crippen molar-refractivity contribution in [1.82, 2.24) is 14.9 Å². The molecule has 0 bridgehead atoms. The molecule has 0 atom stereocenters. The van der Waals surface area contributed by atoms with Crippen molar-refractivity contribution in [3.05, 3.63) is 59.2 Å². The van der Waals surface area contributed by atoms with E-state index in [-0.39, 0.29) is 0 Å². The number of hydrogen-bond acceptors (Lipinski definition) is 4. The molecule has 2 aromatic rings. The molecular weight excluding hydrogens is 236 g/mol. The summed E-state index contributed by atoms with van der Waals surface area (Å²) in [6, 6.07) is 10.5. The van der Waals surface area contributed by atoms with E-state index in [4.69, 9.17) is 5.73 Å². The highest BCUT2D eigenvalue weighted by Gasteiger charge is 2.18. The van der Waals surface area contributed by atoms with Crippen molar-refractivity contribution >= 4 is 0 Å². The lowest BCUT2D eigenvalue weighted by atomic mass is 10.1. The highest BCUT2D eigenvalue weighted by Crippen LogP contribution is 2.17. The lowest BCUT2D eigenvalue weighted by Gasteiger charge is -2.27. The summed E-state index contributed by atoms with van der Waals surface area (Å²) in [4.78, 5) is 11.5. The first-order chi connectivity index (χ1) is 9.35. The molecule has 0 saturated heterocycles. The summed E-state index contributed by atoms with van der Waals surface area (Å²) in [5.41, 5.74) is 10.1. The molecule has 0 fully saturated rings. The average molecular weight is 254 g/mol. The molecule has 0 radical (unpaired) electrons. The van der Waals surface area contributed by atoms with E-state index in [0.29, 0.717) is 6.54 Å². The Morgan fingerprint density at radius 1 is 1.16 bits per heavy atom. The number of rotatable bonds is 3. The molecule has 1 aromatic heterocycles. The van der Waals surface area contributed by atoms with Gasteiger partial charge in [0.15, 0.2) is 0 Å². The first-order valence-corrected chi connectivity index (χ1v) is 6.65. The molecule has 1 aliphatic heterocycles. The van der Waals surface area contributed by atoms with Gasteiger partial charge in [0.1, 0.15) is 0 Å². The van der Waals surface area contributed by atoms with E-state index >= 15 is 0 Å². The number of nitrogens with zero attached hydrogens (tertiary/aromatic N) is 3. The lowest BCUT2D eigenvalue weighted by molar-refractivity contribution is 0.239. The van der Waals surface area contributed by atoms with Gasteiger partial charge in [0.2, 0.25) is 0 Å². The summed E-state index contributed by atoms with van der Waals surface area (Å²) >= 11 is 0. The van der Waals surface area contributed by atoms with E-state index in [1.807, 2.05) is 6.07 Å². The van der Waals surface area contributed by atoms with Crippen LogP contribution in [0.5, 0.6) is 0 Å². The quantitative estimate of drug-likeness (QED) is 0.901. The van der Waals surface area contributed by atoms with Crippen LogP contribution >= 0.6 is 0 Å². The third-order valence-electron chi connectivity index (χ3n) is 3.48. The van der Waals surface area contributed by atoms with Crippen LogP contribution in [-0.4, -0.2) is 21.4 Å². The van der Waals surface area contributed by atoms with Crippen molar-refractivity contribution in [1.29, 1.82) is 0 Å². The molecule has 19 heavy (non-hydrogen) atoms. The van der Waals surface area contributed by atoms with Gasteiger partial charge in [-0.3, -0.25) is 14.9 Å². The van der Waals surface area contributed by atoms with Crippen LogP contribution in [0.4, 0.5) is 0 Å². The number of fused-ring (bicyclic) bond motifs is 1. The van der Waals surface area contributed by atoms with Crippen molar-refractivity contribution in [2.45, 2.75) is 26.1 Å². The maximum atomic E-state index is 5.63. The lowest BCUT2D eigenvalue weighted by Crippen LogP contribution is -2.31. The zero-order valence-electron chi connectivity index (χ0n) is 10.9. The highest BCUT2D eigenvalue weighted by atomic mass is 15.1. The van der Waals surface area contributed by atoms with Crippen molar-refractivity contribution in [2.75, 3.05) is 6.54 Å². The summed E-state index contributed by atoms with van der Waals surface area (Å²) in [6.45, 7) is 3.33. The minimum atomic E-state index is 0.457. The van der Waals surface area contributed by atoms with Gasteiger partial charge in [-0.1, -0.05) is 30.3 Å². The van der Waals surface area contributed by atoms with Crippen LogP contribution in [0, 0.1) is 0 Å². The molecule has 4 nitrogen and oxygen atoms in total. The summed E-state index contributed by atoms with van der Waals surface area (Å²) in [6.07, 6.45) is 2.77. The largest absolute Gasteiger partial charge is 0.325 e. The fraction of sp³-hybridized carbons (Fsp3) is 0.333. The molecule has 2 N–H and O–H groups in total. The Morgan fingerprint density at radius 3 is 2.79 bits per heavy atom. The zero-order valence-corrected chi connectivity index (χ0v) is 10.9. The minimum absolute atomic E-state index is 0.457. The Kier molecular flexibility index (Phi) is 3.53. The standard InChI is InChI=1S/C15H18N4/c16-8-13-9-17-14-6-7-19(11-15(14)18-13)10-12-4-2-1-3-5-12/h1-5,9H,6-8,10-11,16H2. The summed E-state index contributed by atoms with van der Waals surface area (Å²) in [5.74, 6) is 0. The number of hydrogen-bond donors (Lipinski definition) is 1. The van der Waals surface area contributed by atoms with E-state index in [2.05, 4.69) is 39.1 Å². The third-order valence-corrected chi connectivity index (χ3v) is 3.48. The summed E-state index contributed by atoms with van der Waals surface area (Å²) in [5, 5.41) is 0. The van der Waals surface area contributed by atoms with E-state index in [9.17, 15) is 0 Å². The molecule has 2 heterocycles. The highest BCUT2D eigenvalue weighted by molar-refractivity contribution is 5.19. The first-order valence-electron chi connectivity index (χ1n) is 6.65. The second-order valence-corrected chi connectivity index (χ2v) is 4.91. The maximum Gasteiger partial charge on any atom is 0.0763 e. The fourth-order valence-electron chi connectivity index (χ4n) is 2.46. The van der Waals surface area contributed by atoms with Crippen LogP contribution in [0.1, 0.15) is 22.6 Å². The van der Waals surface area contributed by atoms with Crippen molar-refractivity contribution in [2.24, 2.45) is 5.73 Å². The first kappa shape index (κ1) is 12.3. The molecule has 4 heteroatoms. The van der Waals surface area contributed by atoms with E-state index in [0.717, 1.165) is 43.1 Å². The predicted octanol–water partition coefficient (Wildman–Crippen LogP) is 1.49. The molecule has 0 saturated carbocycles. The smallest absolute Gasteiger partial charge is 0.0763 e. The van der Waals surface area contributed by atoms with Crippen LogP contribution in [0.2, 0.25) is 0 Å². The Hall–Kier alpha value is -1.78. The molecule has 0 unspecified atom stereocenters. The molecule has 0 spiro atoms. The zero-order chi connectivity index (χ0) is 13.1. The number of nitrogens with two attached hydrogens (primary N) is 1. The second kappa shape index (κ2) is 5.47. The van der Waals surface area contributed by atoms with Gasteiger partial charge < -0.3 is 5.73 Å². The van der Waals surface area contributed by atoms with Crippen LogP contribution in [0.25, 0.3) is 0 Å². The normalized spacial score (nSPS) is 15.2. The molecular formula is C15H18N4. The predicted molar refractivity (Wildman–Crippen MR) is 74.2 cm³/mol. The van der Waals surface area contributed by atoms with Gasteiger partial charge in [-0.15, -0.1) is 0 Å². The SMILES string of the molecule is NCc1cnc2c(n1)CN(Cc1ccccc1)CC2. The van der Waals surface area contributed by atoms with Gasteiger partial charge in [0.25, 0.3) is 0 Å². The van der Waals surface area contributed by atoms with Gasteiger partial charge in [-0.25, -0.2) is 0 Å². The molecule has 3 rings (SSSR count). The Labute approximate surface area is 113 Å². The van der Waals surface area contributed by atoms with E-state index in [1.54, 1.807) is 6.20 Å². The van der Waals surface area contributed by atoms with Crippen molar-refractivity contribution in [3.8, 4) is 0 Å². The van der Waals surface area contributed by atoms with Crippen LogP contribution in [0.15, 0.2) is 36.5 Å². The molecule has 1 aromatic carbocycles. The van der Waals surface area contributed by atoms with Crippen LogP contribution in [0.3, 0.4) is 0 Å². The molecule has 98 valence electrons. The topological polar surface area (TPSA) is 55.0 Å². The Bertz CT molecular complexity index is 553. The molecule has 0 aliphatic carbocycles. The van der Waals surface area contributed by atoms with E-state index < -0.39 is 0 Å². The Balaban J connectivity index is 1.74.